The van der Waals surface area contributed by atoms with Crippen molar-refractivity contribution in [2.75, 3.05) is 0 Å². The molecule has 0 N–H and O–H groups in total. The molecule has 1 heterocycles. The van der Waals surface area contributed by atoms with Gasteiger partial charge < -0.3 is 9.59 Å². The Hall–Kier alpha value is -3.12. The Morgan fingerprint density at radius 3 is 2.10 bits per heavy atom. The molecule has 8 rings (SSSR count). The molecular formula is C35H22O4SY-2. The maximum atomic E-state index is 13.3. The summed E-state index contributed by atoms with van der Waals surface area (Å²) in [5.74, 6) is -0.298. The van der Waals surface area contributed by atoms with Gasteiger partial charge in [0.25, 0.3) is 0 Å². The second-order valence-corrected chi connectivity index (χ2v) is 12.1. The first kappa shape index (κ1) is 26.8. The second kappa shape index (κ2) is 9.72. The summed E-state index contributed by atoms with van der Waals surface area (Å²) in [5, 5.41) is 9.73. The molecule has 6 aromatic carbocycles. The molecule has 1 radical (unpaired) electrons. The molecule has 1 aliphatic carbocycles. The summed E-state index contributed by atoms with van der Waals surface area (Å²) in [5.41, 5.74) is 1.86. The van der Waals surface area contributed by atoms with Gasteiger partial charge in [-0.15, -0.1) is 33.9 Å². The minimum Gasteiger partial charge on any atom is -0.376 e. The minimum absolute atomic E-state index is 0. The zero-order valence-electron chi connectivity index (χ0n) is 22.4. The van der Waals surface area contributed by atoms with Crippen molar-refractivity contribution in [2.45, 2.75) is 45.4 Å². The van der Waals surface area contributed by atoms with E-state index in [4.69, 9.17) is 0 Å². The van der Waals surface area contributed by atoms with Gasteiger partial charge in [-0.1, -0.05) is 49.1 Å². The summed E-state index contributed by atoms with van der Waals surface area (Å²) in [7, 11) is 0. The molecule has 0 atom stereocenters. The maximum absolute atomic E-state index is 13.3. The van der Waals surface area contributed by atoms with Gasteiger partial charge in [0.15, 0.2) is 11.6 Å². The molecule has 1 aromatic heterocycles. The summed E-state index contributed by atoms with van der Waals surface area (Å²) in [6, 6.07) is 13.5. The van der Waals surface area contributed by atoms with Crippen LogP contribution in [0.1, 0.15) is 75.7 Å². The first-order valence-electron chi connectivity index (χ1n) is 13.8. The number of hydrogen-bond donors (Lipinski definition) is 0. The van der Waals surface area contributed by atoms with Gasteiger partial charge in [-0.2, -0.15) is 12.1 Å². The van der Waals surface area contributed by atoms with E-state index in [-0.39, 0.29) is 50.7 Å². The molecule has 0 bridgehead atoms. The van der Waals surface area contributed by atoms with Crippen molar-refractivity contribution in [3.8, 4) is 0 Å². The smallest absolute Gasteiger partial charge is 0.171 e. The van der Waals surface area contributed by atoms with Crippen LogP contribution in [-0.2, 0) is 48.7 Å². The van der Waals surface area contributed by atoms with Crippen LogP contribution in [0.4, 0.5) is 0 Å². The number of Topliss-reactive ketones (excluding diaryl/α,β-unsaturated/α-hetero) is 2. The summed E-state index contributed by atoms with van der Waals surface area (Å²) in [6.45, 7) is 2.21. The number of benzene rings is 6. The van der Waals surface area contributed by atoms with Gasteiger partial charge in [-0.25, -0.2) is 0 Å². The Bertz CT molecular complexity index is 2260. The van der Waals surface area contributed by atoms with Gasteiger partial charge in [0.2, 0.25) is 0 Å². The minimum atomic E-state index is -0.154. The second-order valence-electron chi connectivity index (χ2n) is 11.0. The number of thiophene rings is 1. The fraction of sp³-hybridized carbons (Fsp3) is 0.200. The molecule has 41 heavy (non-hydrogen) atoms. The summed E-state index contributed by atoms with van der Waals surface area (Å²) in [6.07, 6.45) is 9.68. The largest absolute Gasteiger partial charge is 0.376 e. The number of ketones is 2. The number of rotatable bonds is 7. The van der Waals surface area contributed by atoms with Crippen molar-refractivity contribution in [2.24, 2.45) is 0 Å². The van der Waals surface area contributed by atoms with Crippen molar-refractivity contribution in [3.05, 3.63) is 69.6 Å². The molecule has 0 saturated heterocycles. The van der Waals surface area contributed by atoms with Crippen LogP contribution in [0.2, 0.25) is 0 Å². The van der Waals surface area contributed by atoms with E-state index in [9.17, 15) is 19.2 Å². The van der Waals surface area contributed by atoms with E-state index in [1.807, 2.05) is 36.6 Å². The van der Waals surface area contributed by atoms with Crippen LogP contribution in [0.15, 0.2) is 42.5 Å². The van der Waals surface area contributed by atoms with Gasteiger partial charge in [-0.3, -0.25) is 9.59 Å². The van der Waals surface area contributed by atoms with Gasteiger partial charge in [-0.05, 0) is 57.3 Å². The standard InChI is InChI=1S/C35H22O4S.Y/c1-2-3-4-5-6-19-12-24-23-11-18(16-37)29-17(15-36)7-8-20-21-9-10-22-27(38)14-28(39)25-13-26(35(24)40-19)34(32(21)30(22)25)33(23)31(20)29;/h7-13H,2-6,14H2,1H3;/q-2;. The molecule has 0 spiro atoms. The van der Waals surface area contributed by atoms with E-state index >= 15 is 0 Å². The number of hydrogen-bond acceptors (Lipinski definition) is 5. The van der Waals surface area contributed by atoms with Crippen molar-refractivity contribution in [3.63, 3.8) is 0 Å². The molecule has 0 unspecified atom stereocenters. The predicted molar refractivity (Wildman–Crippen MR) is 162 cm³/mol. The first-order chi connectivity index (χ1) is 19.5. The average molecular weight is 628 g/mol. The van der Waals surface area contributed by atoms with Crippen LogP contribution in [0.5, 0.6) is 0 Å². The molecule has 0 fully saturated rings. The number of carbonyl (C=O) groups is 2. The Labute approximate surface area is 264 Å². The molecule has 4 nitrogen and oxygen atoms in total. The zero-order chi connectivity index (χ0) is 27.3. The van der Waals surface area contributed by atoms with E-state index in [0.29, 0.717) is 27.6 Å². The molecule has 0 saturated carbocycles. The number of fused-ring (bicyclic) bond motifs is 4. The van der Waals surface area contributed by atoms with Crippen LogP contribution in [0.25, 0.3) is 63.9 Å². The third kappa shape index (κ3) is 3.52. The SMILES string of the molecule is CCCCCCc1cc2c3cc([C-]=O)c4c([C-]=O)ccc5c6ccc7c8c(cc(c2s1)c(c86)c3c45)C(=O)CC7=O.[Y]. The first-order valence-corrected chi connectivity index (χ1v) is 14.6. The Morgan fingerprint density at radius 2 is 1.34 bits per heavy atom. The Balaban J connectivity index is 0.00000276. The van der Waals surface area contributed by atoms with Crippen LogP contribution in [-0.4, -0.2) is 24.1 Å². The molecule has 197 valence electrons. The van der Waals surface area contributed by atoms with E-state index in [1.165, 1.54) is 24.1 Å². The van der Waals surface area contributed by atoms with Crippen LogP contribution < -0.4 is 0 Å². The summed E-state index contributed by atoms with van der Waals surface area (Å²) in [4.78, 5) is 52.0. The number of carbonyl (C=O) groups excluding carboxylic acids is 4. The topological polar surface area (TPSA) is 68.3 Å². The quantitative estimate of drug-likeness (QED) is 0.0586. The fourth-order valence-corrected chi connectivity index (χ4v) is 8.37. The zero-order valence-corrected chi connectivity index (χ0v) is 26.1. The molecule has 1 aliphatic rings. The van der Waals surface area contributed by atoms with Crippen LogP contribution >= 0.6 is 11.3 Å². The average Bonchev–Trinajstić information content (AvgIpc) is 3.41. The van der Waals surface area contributed by atoms with E-state index in [1.54, 1.807) is 17.4 Å². The van der Waals surface area contributed by atoms with Gasteiger partial charge in [0, 0.05) is 64.2 Å². The van der Waals surface area contributed by atoms with Crippen LogP contribution in [0, 0.1) is 0 Å². The summed E-state index contributed by atoms with van der Waals surface area (Å²) < 4.78 is 1.09. The van der Waals surface area contributed by atoms with E-state index in [2.05, 4.69) is 19.3 Å². The van der Waals surface area contributed by atoms with Gasteiger partial charge in [0.1, 0.15) is 0 Å². The van der Waals surface area contributed by atoms with Crippen molar-refractivity contribution in [1.82, 2.24) is 0 Å². The Morgan fingerprint density at radius 1 is 0.659 bits per heavy atom. The van der Waals surface area contributed by atoms with E-state index in [0.717, 1.165) is 71.4 Å². The normalized spacial score (nSPS) is 13.5. The van der Waals surface area contributed by atoms with Crippen molar-refractivity contribution < 1.29 is 51.9 Å². The third-order valence-electron chi connectivity index (χ3n) is 8.84. The predicted octanol–water partition coefficient (Wildman–Crippen LogP) is 8.35. The third-order valence-corrected chi connectivity index (χ3v) is 10.1. The molecular weight excluding hydrogens is 605 g/mol. The Kier molecular flexibility index (Phi) is 6.35. The van der Waals surface area contributed by atoms with Crippen LogP contribution in [0.3, 0.4) is 0 Å². The summed E-state index contributed by atoms with van der Waals surface area (Å²) >= 11 is 1.75. The monoisotopic (exact) mass is 627 g/mol. The molecule has 0 aliphatic heterocycles. The fourth-order valence-electron chi connectivity index (χ4n) is 7.14. The van der Waals surface area contributed by atoms with Crippen molar-refractivity contribution >= 4 is 99.4 Å². The number of unbranched alkanes of at least 4 members (excludes halogenated alkanes) is 3. The van der Waals surface area contributed by atoms with Gasteiger partial charge in [0.05, 0.1) is 19.0 Å². The maximum Gasteiger partial charge on any atom is 0.171 e. The van der Waals surface area contributed by atoms with Crippen molar-refractivity contribution in [1.29, 1.82) is 0 Å². The number of aryl methyl sites for hydroxylation is 1. The molecule has 7 aromatic rings. The molecule has 6 heteroatoms. The molecule has 0 amide bonds. The van der Waals surface area contributed by atoms with E-state index < -0.39 is 0 Å². The van der Waals surface area contributed by atoms with Gasteiger partial charge >= 0.3 is 0 Å².